The first-order valence-corrected chi connectivity index (χ1v) is 5.57. The highest BCUT2D eigenvalue weighted by molar-refractivity contribution is 9.10. The molecule has 0 aliphatic heterocycles. The number of non-ortho nitro benzene ring substituents is 1. The van der Waals surface area contributed by atoms with Gasteiger partial charge in [0.05, 0.1) is 17.1 Å². The van der Waals surface area contributed by atoms with Crippen molar-refractivity contribution in [3.8, 4) is 11.8 Å². The summed E-state index contributed by atoms with van der Waals surface area (Å²) in [5, 5.41) is 18.9. The third-order valence-corrected chi connectivity index (χ3v) is 2.49. The van der Waals surface area contributed by atoms with Crippen molar-refractivity contribution in [3.05, 3.63) is 32.8 Å². The lowest BCUT2D eigenvalue weighted by Crippen LogP contribution is -2.27. The molecule has 1 rings (SSSR count). The van der Waals surface area contributed by atoms with Gasteiger partial charge in [0, 0.05) is 10.5 Å². The number of nitro groups is 1. The van der Waals surface area contributed by atoms with Crippen molar-refractivity contribution in [2.75, 3.05) is 6.61 Å². The van der Waals surface area contributed by atoms with Crippen molar-refractivity contribution in [1.82, 2.24) is 0 Å². The summed E-state index contributed by atoms with van der Waals surface area (Å²) >= 11 is 2.97. The Labute approximate surface area is 113 Å². The molecule has 1 aromatic rings. The summed E-state index contributed by atoms with van der Waals surface area (Å²) < 4.78 is 41.9. The van der Waals surface area contributed by atoms with Crippen LogP contribution in [0.1, 0.15) is 0 Å². The van der Waals surface area contributed by atoms with Crippen molar-refractivity contribution >= 4 is 21.6 Å². The number of rotatable bonds is 4. The second-order valence-corrected chi connectivity index (χ2v) is 4.35. The monoisotopic (exact) mass is 338 g/mol. The van der Waals surface area contributed by atoms with Crippen LogP contribution >= 0.6 is 15.9 Å². The zero-order chi connectivity index (χ0) is 14.6. The number of hydrogen-bond donors (Lipinski definition) is 0. The summed E-state index contributed by atoms with van der Waals surface area (Å²) in [6, 6.07) is 4.50. The Kier molecular flexibility index (Phi) is 4.72. The predicted molar refractivity (Wildman–Crippen MR) is 61.4 cm³/mol. The zero-order valence-electron chi connectivity index (χ0n) is 9.15. The smallest absolute Gasteiger partial charge is 0.407 e. The molecule has 1 atom stereocenters. The number of hydrogen-bond acceptors (Lipinski definition) is 4. The molecule has 1 aromatic carbocycles. The van der Waals surface area contributed by atoms with Crippen molar-refractivity contribution in [1.29, 1.82) is 5.26 Å². The van der Waals surface area contributed by atoms with Crippen molar-refractivity contribution in [2.24, 2.45) is 5.92 Å². The molecule has 0 bridgehead atoms. The lowest BCUT2D eigenvalue weighted by molar-refractivity contribution is -0.385. The molecule has 0 N–H and O–H groups in total. The largest absolute Gasteiger partial charge is 0.492 e. The fourth-order valence-electron chi connectivity index (χ4n) is 1.12. The maximum atomic E-state index is 12.3. The molecule has 0 aromatic heterocycles. The van der Waals surface area contributed by atoms with E-state index in [1.54, 1.807) is 0 Å². The SMILES string of the molecule is N#CC(COc1cc(Br)cc([N+](=O)[O-])c1)C(F)(F)F. The van der Waals surface area contributed by atoms with Crippen molar-refractivity contribution < 1.29 is 22.8 Å². The Morgan fingerprint density at radius 2 is 2.11 bits per heavy atom. The molecule has 9 heteroatoms. The normalized spacial score (nSPS) is 12.6. The van der Waals surface area contributed by atoms with Gasteiger partial charge < -0.3 is 4.74 Å². The van der Waals surface area contributed by atoms with E-state index in [2.05, 4.69) is 15.9 Å². The van der Waals surface area contributed by atoms with Crippen LogP contribution in [0.15, 0.2) is 22.7 Å². The topological polar surface area (TPSA) is 76.2 Å². The Balaban J connectivity index is 2.84. The van der Waals surface area contributed by atoms with Gasteiger partial charge in [-0.05, 0) is 6.07 Å². The predicted octanol–water partition coefficient (Wildman–Crippen LogP) is 3.44. The molecule has 0 spiro atoms. The van der Waals surface area contributed by atoms with E-state index in [0.717, 1.165) is 12.1 Å². The van der Waals surface area contributed by atoms with Crippen LogP contribution in [0, 0.1) is 27.4 Å². The first kappa shape index (κ1) is 15.2. The molecular formula is C10H6BrF3N2O3. The van der Waals surface area contributed by atoms with Gasteiger partial charge in [0.1, 0.15) is 12.4 Å². The van der Waals surface area contributed by atoms with E-state index in [1.807, 2.05) is 0 Å². The van der Waals surface area contributed by atoms with E-state index in [9.17, 15) is 23.3 Å². The van der Waals surface area contributed by atoms with Crippen LogP contribution in [0.5, 0.6) is 5.75 Å². The summed E-state index contributed by atoms with van der Waals surface area (Å²) in [5.74, 6) is -2.41. The molecule has 0 saturated carbocycles. The number of halogens is 4. The highest BCUT2D eigenvalue weighted by Crippen LogP contribution is 2.29. The number of nitrogens with zero attached hydrogens (tertiary/aromatic N) is 2. The van der Waals surface area contributed by atoms with Gasteiger partial charge in [-0.15, -0.1) is 0 Å². The summed E-state index contributed by atoms with van der Waals surface area (Å²) in [5.41, 5.74) is -0.329. The second-order valence-electron chi connectivity index (χ2n) is 3.44. The van der Waals surface area contributed by atoms with Crippen molar-refractivity contribution in [2.45, 2.75) is 6.18 Å². The Morgan fingerprint density at radius 3 is 2.58 bits per heavy atom. The average molecular weight is 339 g/mol. The fourth-order valence-corrected chi connectivity index (χ4v) is 1.58. The van der Waals surface area contributed by atoms with Gasteiger partial charge in [-0.3, -0.25) is 10.1 Å². The minimum atomic E-state index is -4.70. The van der Waals surface area contributed by atoms with Gasteiger partial charge in [-0.25, -0.2) is 0 Å². The fraction of sp³-hybridized carbons (Fsp3) is 0.300. The average Bonchev–Trinajstić information content (AvgIpc) is 2.27. The highest BCUT2D eigenvalue weighted by atomic mass is 79.9. The summed E-state index contributed by atoms with van der Waals surface area (Å²) in [4.78, 5) is 9.85. The van der Waals surface area contributed by atoms with Gasteiger partial charge in [-0.1, -0.05) is 15.9 Å². The van der Waals surface area contributed by atoms with E-state index < -0.39 is 23.6 Å². The second kappa shape index (κ2) is 5.88. The quantitative estimate of drug-likeness (QED) is 0.622. The van der Waals surface area contributed by atoms with E-state index in [4.69, 9.17) is 10.00 Å². The van der Waals surface area contributed by atoms with Crippen LogP contribution in [0.25, 0.3) is 0 Å². The third kappa shape index (κ3) is 4.40. The van der Waals surface area contributed by atoms with E-state index >= 15 is 0 Å². The van der Waals surface area contributed by atoms with Gasteiger partial charge >= 0.3 is 6.18 Å². The van der Waals surface area contributed by atoms with Crippen LogP contribution in [-0.2, 0) is 0 Å². The molecule has 5 nitrogen and oxygen atoms in total. The zero-order valence-corrected chi connectivity index (χ0v) is 10.7. The van der Waals surface area contributed by atoms with Crippen LogP contribution < -0.4 is 4.74 Å². The maximum absolute atomic E-state index is 12.3. The summed E-state index contributed by atoms with van der Waals surface area (Å²) in [6.45, 7) is -0.923. The number of ether oxygens (including phenoxy) is 1. The van der Waals surface area contributed by atoms with Gasteiger partial charge in [0.15, 0.2) is 5.92 Å². The molecule has 0 saturated heterocycles. The summed E-state index contributed by atoms with van der Waals surface area (Å²) in [7, 11) is 0. The third-order valence-electron chi connectivity index (χ3n) is 2.03. The number of benzene rings is 1. The van der Waals surface area contributed by atoms with Crippen LogP contribution in [0.4, 0.5) is 18.9 Å². The lowest BCUT2D eigenvalue weighted by Gasteiger charge is -2.14. The highest BCUT2D eigenvalue weighted by Gasteiger charge is 2.40. The molecule has 1 unspecified atom stereocenters. The molecular weight excluding hydrogens is 333 g/mol. The molecule has 19 heavy (non-hydrogen) atoms. The van der Waals surface area contributed by atoms with E-state index in [1.165, 1.54) is 12.1 Å². The lowest BCUT2D eigenvalue weighted by atomic mass is 10.2. The number of alkyl halides is 3. The molecule has 0 radical (unpaired) electrons. The molecule has 102 valence electrons. The standard InChI is InChI=1S/C10H6BrF3N2O3/c11-7-1-8(16(17)18)3-9(2-7)19-5-6(4-15)10(12,13)14/h1-3,6H,5H2. The minimum Gasteiger partial charge on any atom is -0.492 e. The van der Waals surface area contributed by atoms with Crippen LogP contribution in [0.2, 0.25) is 0 Å². The first-order chi connectivity index (χ1) is 8.74. The maximum Gasteiger partial charge on any atom is 0.407 e. The van der Waals surface area contributed by atoms with Gasteiger partial charge in [-0.2, -0.15) is 18.4 Å². The minimum absolute atomic E-state index is 0.120. The molecule has 0 aliphatic carbocycles. The molecule has 0 amide bonds. The van der Waals surface area contributed by atoms with E-state index in [-0.39, 0.29) is 15.9 Å². The number of nitro benzene ring substituents is 1. The molecule has 0 aliphatic rings. The Hall–Kier alpha value is -1.82. The molecule has 0 fully saturated rings. The van der Waals surface area contributed by atoms with Crippen LogP contribution in [0.3, 0.4) is 0 Å². The van der Waals surface area contributed by atoms with Crippen LogP contribution in [-0.4, -0.2) is 17.7 Å². The molecule has 0 heterocycles. The van der Waals surface area contributed by atoms with Gasteiger partial charge in [0.25, 0.3) is 5.69 Å². The summed E-state index contributed by atoms with van der Waals surface area (Å²) in [6.07, 6.45) is -4.70. The van der Waals surface area contributed by atoms with Gasteiger partial charge in [0.2, 0.25) is 0 Å². The Morgan fingerprint density at radius 1 is 1.47 bits per heavy atom. The first-order valence-electron chi connectivity index (χ1n) is 4.78. The Bertz CT molecular complexity index is 528. The number of nitriles is 1. The van der Waals surface area contributed by atoms with E-state index in [0.29, 0.717) is 0 Å². The van der Waals surface area contributed by atoms with Crippen molar-refractivity contribution in [3.63, 3.8) is 0 Å².